The molecule has 0 aromatic heterocycles. The zero-order valence-electron chi connectivity index (χ0n) is 9.93. The summed E-state index contributed by atoms with van der Waals surface area (Å²) in [5, 5.41) is 12.9. The predicted octanol–water partition coefficient (Wildman–Crippen LogP) is 2.22. The van der Waals surface area contributed by atoms with Crippen LogP contribution in [0, 0.1) is 0 Å². The van der Waals surface area contributed by atoms with E-state index in [1.165, 1.54) is 12.5 Å². The second-order valence-corrected chi connectivity index (χ2v) is 4.39. The number of aliphatic carboxylic acids is 1. The molecule has 1 aliphatic rings. The molecule has 2 rings (SSSR count). The number of benzene rings is 1. The number of hydrogen-bond acceptors (Lipinski definition) is 3. The Bertz CT molecular complexity index is 464. The summed E-state index contributed by atoms with van der Waals surface area (Å²) in [7, 11) is 0. The van der Waals surface area contributed by atoms with E-state index in [-0.39, 0.29) is 0 Å². The Labute approximate surface area is 99.9 Å². The van der Waals surface area contributed by atoms with E-state index in [1.807, 2.05) is 24.3 Å². The van der Waals surface area contributed by atoms with Gasteiger partial charge in [-0.2, -0.15) is 0 Å². The van der Waals surface area contributed by atoms with E-state index < -0.39 is 11.6 Å². The maximum absolute atomic E-state index is 11.0. The molecule has 1 aromatic carbocycles. The van der Waals surface area contributed by atoms with Crippen LogP contribution in [0.5, 0.6) is 0 Å². The molecule has 0 saturated carbocycles. The smallest absolute Gasteiger partial charge is 0.351 e. The number of hydrogen-bond donors (Lipinski definition) is 1. The summed E-state index contributed by atoms with van der Waals surface area (Å²) in [4.78, 5) is 16.0. The van der Waals surface area contributed by atoms with Gasteiger partial charge < -0.3 is 9.94 Å². The first kappa shape index (κ1) is 11.6. The average Bonchev–Trinajstić information content (AvgIpc) is 2.74. The zero-order chi connectivity index (χ0) is 12.5. The van der Waals surface area contributed by atoms with Gasteiger partial charge in [-0.1, -0.05) is 36.3 Å². The topological polar surface area (TPSA) is 58.9 Å². The molecule has 1 N–H and O–H groups in total. The molecule has 0 fully saturated rings. The highest BCUT2D eigenvalue weighted by Crippen LogP contribution is 2.26. The van der Waals surface area contributed by atoms with Crippen molar-refractivity contribution in [1.29, 1.82) is 0 Å². The van der Waals surface area contributed by atoms with Gasteiger partial charge in [0.25, 0.3) is 0 Å². The Hall–Kier alpha value is -1.84. The second kappa shape index (κ2) is 4.20. The monoisotopic (exact) mass is 233 g/mol. The van der Waals surface area contributed by atoms with Crippen molar-refractivity contribution in [3.8, 4) is 0 Å². The molecule has 4 nitrogen and oxygen atoms in total. The van der Waals surface area contributed by atoms with E-state index >= 15 is 0 Å². The fraction of sp³-hybridized carbons (Fsp3) is 0.385. The molecule has 0 spiro atoms. The van der Waals surface area contributed by atoms with Crippen LogP contribution in [0.3, 0.4) is 0 Å². The third-order valence-electron chi connectivity index (χ3n) is 3.01. The van der Waals surface area contributed by atoms with Gasteiger partial charge in [0.15, 0.2) is 0 Å². The van der Waals surface area contributed by atoms with Crippen LogP contribution in [0.25, 0.3) is 0 Å². The molecule has 0 bridgehead atoms. The van der Waals surface area contributed by atoms with Crippen LogP contribution >= 0.6 is 0 Å². The van der Waals surface area contributed by atoms with Crippen molar-refractivity contribution < 1.29 is 14.7 Å². The fourth-order valence-electron chi connectivity index (χ4n) is 1.74. The van der Waals surface area contributed by atoms with Crippen molar-refractivity contribution in [3.63, 3.8) is 0 Å². The van der Waals surface area contributed by atoms with Gasteiger partial charge in [0.05, 0.1) is 5.71 Å². The number of carboxylic acids is 1. The van der Waals surface area contributed by atoms with Gasteiger partial charge in [0.2, 0.25) is 5.60 Å². The van der Waals surface area contributed by atoms with Crippen LogP contribution in [0.4, 0.5) is 0 Å². The molecule has 0 unspecified atom stereocenters. The summed E-state index contributed by atoms with van der Waals surface area (Å²) in [5.74, 6) is -0.985. The van der Waals surface area contributed by atoms with Crippen molar-refractivity contribution in [3.05, 3.63) is 35.4 Å². The first-order chi connectivity index (χ1) is 8.05. The minimum Gasteiger partial charge on any atom is -0.478 e. The third-order valence-corrected chi connectivity index (χ3v) is 3.01. The van der Waals surface area contributed by atoms with E-state index in [0.717, 1.165) is 12.0 Å². The molecular formula is C13H15NO3. The standard InChI is InChI=1S/C13H15NO3/c1-3-9-4-6-10(7-5-9)11-8-13(2,12(15)16)17-14-11/h4-7H,3,8H2,1-2H3,(H,15,16)/t13-/m1/s1. The number of nitrogens with zero attached hydrogens (tertiary/aromatic N) is 1. The first-order valence-electron chi connectivity index (χ1n) is 5.63. The quantitative estimate of drug-likeness (QED) is 0.870. The maximum Gasteiger partial charge on any atom is 0.351 e. The van der Waals surface area contributed by atoms with Gasteiger partial charge in [0.1, 0.15) is 0 Å². The number of carboxylic acid groups (broad SMARTS) is 1. The largest absolute Gasteiger partial charge is 0.478 e. The van der Waals surface area contributed by atoms with Crippen molar-refractivity contribution >= 4 is 11.7 Å². The SMILES string of the molecule is CCc1ccc(C2=NO[C@@](C)(C(=O)O)C2)cc1. The predicted molar refractivity (Wildman–Crippen MR) is 64.1 cm³/mol. The van der Waals surface area contributed by atoms with Crippen molar-refractivity contribution in [2.45, 2.75) is 32.3 Å². The van der Waals surface area contributed by atoms with Crippen LogP contribution in [0.1, 0.15) is 31.4 Å². The third kappa shape index (κ3) is 2.16. The number of rotatable bonds is 3. The van der Waals surface area contributed by atoms with E-state index in [9.17, 15) is 4.79 Å². The minimum absolute atomic E-state index is 0.299. The Morgan fingerprint density at radius 1 is 1.47 bits per heavy atom. The number of carbonyl (C=O) groups is 1. The molecule has 1 aromatic rings. The normalized spacial score (nSPS) is 23.1. The Morgan fingerprint density at radius 2 is 2.12 bits per heavy atom. The lowest BCUT2D eigenvalue weighted by molar-refractivity contribution is -0.160. The zero-order valence-corrected chi connectivity index (χ0v) is 9.93. The first-order valence-corrected chi connectivity index (χ1v) is 5.63. The molecule has 17 heavy (non-hydrogen) atoms. The van der Waals surface area contributed by atoms with E-state index in [1.54, 1.807) is 0 Å². The highest BCUT2D eigenvalue weighted by molar-refractivity contribution is 6.04. The molecule has 0 saturated heterocycles. The molecule has 4 heteroatoms. The van der Waals surface area contributed by atoms with Gasteiger partial charge >= 0.3 is 5.97 Å². The molecule has 90 valence electrons. The lowest BCUT2D eigenvalue weighted by atomic mass is 9.95. The molecular weight excluding hydrogens is 218 g/mol. The average molecular weight is 233 g/mol. The summed E-state index contributed by atoms with van der Waals surface area (Å²) < 4.78 is 0. The molecule has 0 aliphatic carbocycles. The number of aryl methyl sites for hydroxylation is 1. The van der Waals surface area contributed by atoms with Crippen molar-refractivity contribution in [1.82, 2.24) is 0 Å². The minimum atomic E-state index is -1.22. The Kier molecular flexibility index (Phi) is 2.88. The van der Waals surface area contributed by atoms with Crippen LogP contribution < -0.4 is 0 Å². The van der Waals surface area contributed by atoms with Crippen LogP contribution in [-0.2, 0) is 16.1 Å². The van der Waals surface area contributed by atoms with Gasteiger partial charge in [-0.25, -0.2) is 4.79 Å². The van der Waals surface area contributed by atoms with Crippen molar-refractivity contribution in [2.24, 2.45) is 5.16 Å². The fourth-order valence-corrected chi connectivity index (χ4v) is 1.74. The lowest BCUT2D eigenvalue weighted by Crippen LogP contribution is -2.35. The lowest BCUT2D eigenvalue weighted by Gasteiger charge is -2.14. The van der Waals surface area contributed by atoms with Crippen LogP contribution in [-0.4, -0.2) is 22.4 Å². The highest BCUT2D eigenvalue weighted by Gasteiger charge is 2.42. The van der Waals surface area contributed by atoms with Gasteiger partial charge in [-0.3, -0.25) is 0 Å². The molecule has 0 amide bonds. The summed E-state index contributed by atoms with van der Waals surface area (Å²) in [6.45, 7) is 3.62. The van der Waals surface area contributed by atoms with E-state index in [2.05, 4.69) is 12.1 Å². The summed E-state index contributed by atoms with van der Waals surface area (Å²) >= 11 is 0. The molecule has 1 atom stereocenters. The molecule has 1 aliphatic heterocycles. The van der Waals surface area contributed by atoms with Crippen LogP contribution in [0.15, 0.2) is 29.4 Å². The summed E-state index contributed by atoms with van der Waals surface area (Å²) in [6.07, 6.45) is 1.28. The van der Waals surface area contributed by atoms with E-state index in [0.29, 0.717) is 12.1 Å². The van der Waals surface area contributed by atoms with Gasteiger partial charge in [0, 0.05) is 6.42 Å². The Balaban J connectivity index is 2.17. The van der Waals surface area contributed by atoms with Crippen molar-refractivity contribution in [2.75, 3.05) is 0 Å². The van der Waals surface area contributed by atoms with Gasteiger partial charge in [-0.15, -0.1) is 0 Å². The number of oxime groups is 1. The molecule has 0 radical (unpaired) electrons. The highest BCUT2D eigenvalue weighted by atomic mass is 16.7. The van der Waals surface area contributed by atoms with Gasteiger partial charge in [-0.05, 0) is 24.5 Å². The Morgan fingerprint density at radius 3 is 2.59 bits per heavy atom. The summed E-state index contributed by atoms with van der Waals surface area (Å²) in [5.41, 5.74) is 1.64. The second-order valence-electron chi connectivity index (χ2n) is 4.39. The molecule has 1 heterocycles. The maximum atomic E-state index is 11.0. The summed E-state index contributed by atoms with van der Waals surface area (Å²) in [6, 6.07) is 7.95. The van der Waals surface area contributed by atoms with E-state index in [4.69, 9.17) is 9.94 Å². The van der Waals surface area contributed by atoms with Crippen LogP contribution in [0.2, 0.25) is 0 Å².